The molecule has 2 fully saturated rings. The van der Waals surface area contributed by atoms with Crippen molar-refractivity contribution in [3.63, 3.8) is 0 Å². The molecule has 1 aliphatic carbocycles. The Morgan fingerprint density at radius 3 is 2.21 bits per heavy atom. The van der Waals surface area contributed by atoms with E-state index in [0.29, 0.717) is 24.7 Å². The van der Waals surface area contributed by atoms with E-state index in [4.69, 9.17) is 0 Å². The Morgan fingerprint density at radius 1 is 1.03 bits per heavy atom. The molecule has 0 radical (unpaired) electrons. The normalized spacial score (nSPS) is 17.4. The van der Waals surface area contributed by atoms with E-state index in [-0.39, 0.29) is 23.6 Å². The van der Waals surface area contributed by atoms with Crippen LogP contribution < -0.4 is 5.32 Å². The first-order valence-electron chi connectivity index (χ1n) is 10.7. The molecule has 156 valence electrons. The molecule has 0 bridgehead atoms. The van der Waals surface area contributed by atoms with Gasteiger partial charge in [0.05, 0.1) is 0 Å². The average Bonchev–Trinajstić information content (AvgIpc) is 3.57. The minimum absolute atomic E-state index is 0.0252. The van der Waals surface area contributed by atoms with Gasteiger partial charge in [0.25, 0.3) is 5.91 Å². The topological polar surface area (TPSA) is 69.7 Å². The zero-order chi connectivity index (χ0) is 20.8. The Bertz CT molecular complexity index is 756. The Balaban J connectivity index is 1.48. The van der Waals surface area contributed by atoms with E-state index < -0.39 is 0 Å². The predicted molar refractivity (Wildman–Crippen MR) is 113 cm³/mol. The van der Waals surface area contributed by atoms with Gasteiger partial charge in [-0.2, -0.15) is 0 Å². The van der Waals surface area contributed by atoms with E-state index in [9.17, 15) is 14.4 Å². The zero-order valence-corrected chi connectivity index (χ0v) is 17.4. The van der Waals surface area contributed by atoms with E-state index in [1.165, 1.54) is 0 Å². The summed E-state index contributed by atoms with van der Waals surface area (Å²) in [6.07, 6.45) is 6.92. The Hall–Kier alpha value is -2.63. The van der Waals surface area contributed by atoms with Crippen molar-refractivity contribution in [3.8, 4) is 0 Å². The lowest BCUT2D eigenvalue weighted by Gasteiger charge is -2.33. The Kier molecular flexibility index (Phi) is 7.07. The summed E-state index contributed by atoms with van der Waals surface area (Å²) < 4.78 is 0. The van der Waals surface area contributed by atoms with Crippen molar-refractivity contribution >= 4 is 23.8 Å². The van der Waals surface area contributed by atoms with Crippen LogP contribution in [-0.4, -0.2) is 59.7 Å². The van der Waals surface area contributed by atoms with Gasteiger partial charge in [-0.3, -0.25) is 14.4 Å². The summed E-state index contributed by atoms with van der Waals surface area (Å²) in [5.41, 5.74) is 1.52. The lowest BCUT2D eigenvalue weighted by molar-refractivity contribution is -0.139. The van der Waals surface area contributed by atoms with Gasteiger partial charge in [0.15, 0.2) is 0 Å². The number of nitrogens with one attached hydrogen (secondary N) is 1. The van der Waals surface area contributed by atoms with Crippen molar-refractivity contribution in [2.24, 2.45) is 5.92 Å². The van der Waals surface area contributed by atoms with Crippen LogP contribution in [0.2, 0.25) is 0 Å². The van der Waals surface area contributed by atoms with Crippen LogP contribution in [0.5, 0.6) is 0 Å². The average molecular weight is 398 g/mol. The van der Waals surface area contributed by atoms with Gasteiger partial charge in [0.1, 0.15) is 0 Å². The minimum Gasteiger partial charge on any atom is -0.349 e. The number of rotatable bonds is 7. The first kappa shape index (κ1) is 21.1. The summed E-state index contributed by atoms with van der Waals surface area (Å²) in [5, 5.41) is 2.96. The number of hydrogen-bond acceptors (Lipinski definition) is 3. The summed E-state index contributed by atoms with van der Waals surface area (Å²) in [4.78, 5) is 40.6. The highest BCUT2D eigenvalue weighted by atomic mass is 16.2. The van der Waals surface area contributed by atoms with Gasteiger partial charge in [0, 0.05) is 49.8 Å². The maximum Gasteiger partial charge on any atom is 0.251 e. The summed E-state index contributed by atoms with van der Waals surface area (Å²) in [6.45, 7) is 6.69. The molecule has 6 nitrogen and oxygen atoms in total. The molecule has 1 N–H and O–H groups in total. The minimum atomic E-state index is -0.0405. The highest BCUT2D eigenvalue weighted by molar-refractivity contribution is 5.95. The monoisotopic (exact) mass is 397 g/mol. The molecular weight excluding hydrogens is 366 g/mol. The third kappa shape index (κ3) is 5.68. The molecule has 1 heterocycles. The number of carbonyl (C=O) groups is 3. The van der Waals surface area contributed by atoms with Crippen molar-refractivity contribution in [1.82, 2.24) is 15.1 Å². The number of amides is 3. The third-order valence-electron chi connectivity index (χ3n) is 5.73. The van der Waals surface area contributed by atoms with E-state index in [1.807, 2.05) is 30.9 Å². The first-order chi connectivity index (χ1) is 14.0. The largest absolute Gasteiger partial charge is 0.349 e. The molecule has 2 aliphatic rings. The van der Waals surface area contributed by atoms with Gasteiger partial charge < -0.3 is 15.1 Å². The summed E-state index contributed by atoms with van der Waals surface area (Å²) in [5.74, 6) is 0.163. The highest BCUT2D eigenvalue weighted by Gasteiger charge is 2.28. The smallest absolute Gasteiger partial charge is 0.251 e. The quantitative estimate of drug-likeness (QED) is 0.719. The van der Waals surface area contributed by atoms with E-state index in [1.54, 1.807) is 29.2 Å². The number of hydrogen-bond donors (Lipinski definition) is 1. The van der Waals surface area contributed by atoms with Crippen LogP contribution in [0.25, 0.3) is 6.08 Å². The van der Waals surface area contributed by atoms with Gasteiger partial charge >= 0.3 is 0 Å². The number of piperidine rings is 1. The molecule has 1 aliphatic heterocycles. The van der Waals surface area contributed by atoms with Gasteiger partial charge in [0.2, 0.25) is 11.8 Å². The summed E-state index contributed by atoms with van der Waals surface area (Å²) in [7, 11) is 0. The summed E-state index contributed by atoms with van der Waals surface area (Å²) >= 11 is 0. The Labute approximate surface area is 172 Å². The fourth-order valence-corrected chi connectivity index (χ4v) is 3.66. The molecule has 29 heavy (non-hydrogen) atoms. The Morgan fingerprint density at radius 2 is 1.66 bits per heavy atom. The molecule has 3 rings (SSSR count). The van der Waals surface area contributed by atoms with Crippen LogP contribution in [0.4, 0.5) is 0 Å². The lowest BCUT2D eigenvalue weighted by atomic mass is 9.95. The fourth-order valence-electron chi connectivity index (χ4n) is 3.66. The molecule has 1 saturated heterocycles. The predicted octanol–water partition coefficient (Wildman–Crippen LogP) is 2.70. The summed E-state index contributed by atoms with van der Waals surface area (Å²) in [6, 6.07) is 7.60. The SMILES string of the molecule is CCN(CC)C(=O)C1CCN(C(=O)/C=C/c2ccc(C(=O)NC3CC3)cc2)CC1. The molecule has 0 aromatic heterocycles. The standard InChI is InChI=1S/C23H31N3O3/c1-3-25(4-2)23(29)19-13-15-26(16-14-19)21(27)12-7-17-5-8-18(9-6-17)22(28)24-20-10-11-20/h5-9,12,19-20H,3-4,10-11,13-16H2,1-2H3,(H,24,28)/b12-7+. The van der Waals surface area contributed by atoms with Crippen molar-refractivity contribution in [2.75, 3.05) is 26.2 Å². The van der Waals surface area contributed by atoms with Crippen LogP contribution in [-0.2, 0) is 9.59 Å². The van der Waals surface area contributed by atoms with Crippen molar-refractivity contribution in [1.29, 1.82) is 0 Å². The maximum atomic E-state index is 12.5. The second-order valence-electron chi connectivity index (χ2n) is 7.81. The van der Waals surface area contributed by atoms with Crippen LogP contribution >= 0.6 is 0 Å². The molecule has 0 unspecified atom stereocenters. The van der Waals surface area contributed by atoms with E-state index in [0.717, 1.165) is 44.3 Å². The number of nitrogens with zero attached hydrogens (tertiary/aromatic N) is 2. The van der Waals surface area contributed by atoms with Gasteiger partial charge in [-0.25, -0.2) is 0 Å². The molecular formula is C23H31N3O3. The van der Waals surface area contributed by atoms with Gasteiger partial charge in [-0.05, 0) is 63.3 Å². The first-order valence-corrected chi connectivity index (χ1v) is 10.7. The van der Waals surface area contributed by atoms with Gasteiger partial charge in [-0.1, -0.05) is 12.1 Å². The van der Waals surface area contributed by atoms with Crippen LogP contribution in [0, 0.1) is 5.92 Å². The van der Waals surface area contributed by atoms with Crippen molar-refractivity contribution in [2.45, 2.75) is 45.6 Å². The molecule has 3 amide bonds. The molecule has 0 spiro atoms. The second kappa shape index (κ2) is 9.72. The van der Waals surface area contributed by atoms with Crippen molar-refractivity contribution < 1.29 is 14.4 Å². The molecule has 1 aromatic rings. The number of carbonyl (C=O) groups excluding carboxylic acids is 3. The van der Waals surface area contributed by atoms with Crippen LogP contribution in [0.1, 0.15) is 55.5 Å². The number of likely N-dealkylation sites (tertiary alicyclic amines) is 1. The van der Waals surface area contributed by atoms with E-state index >= 15 is 0 Å². The second-order valence-corrected chi connectivity index (χ2v) is 7.81. The van der Waals surface area contributed by atoms with Crippen molar-refractivity contribution in [3.05, 3.63) is 41.5 Å². The zero-order valence-electron chi connectivity index (χ0n) is 17.4. The lowest BCUT2D eigenvalue weighted by Crippen LogP contribution is -2.44. The van der Waals surface area contributed by atoms with Crippen LogP contribution in [0.15, 0.2) is 30.3 Å². The molecule has 1 saturated carbocycles. The maximum absolute atomic E-state index is 12.5. The molecule has 1 aromatic carbocycles. The molecule has 0 atom stereocenters. The van der Waals surface area contributed by atoms with Crippen LogP contribution in [0.3, 0.4) is 0 Å². The fraction of sp³-hybridized carbons (Fsp3) is 0.522. The van der Waals surface area contributed by atoms with Gasteiger partial charge in [-0.15, -0.1) is 0 Å². The third-order valence-corrected chi connectivity index (χ3v) is 5.73. The van der Waals surface area contributed by atoms with E-state index in [2.05, 4.69) is 5.32 Å². The number of benzene rings is 1. The molecule has 6 heteroatoms. The highest BCUT2D eigenvalue weighted by Crippen LogP contribution is 2.21.